The molecule has 2 aromatic carbocycles. The number of aromatic nitrogens is 4. The van der Waals surface area contributed by atoms with Gasteiger partial charge in [0.2, 0.25) is 12.5 Å². The second-order valence-corrected chi connectivity index (χ2v) is 10.4. The first kappa shape index (κ1) is 29.0. The molecule has 6 rings (SSSR count). The van der Waals surface area contributed by atoms with Gasteiger partial charge in [-0.3, -0.25) is 4.68 Å². The lowest BCUT2D eigenvalue weighted by atomic mass is 9.95. The van der Waals surface area contributed by atoms with Crippen molar-refractivity contribution in [1.82, 2.24) is 15.0 Å². The Morgan fingerprint density at radius 1 is 1.05 bits per heavy atom. The number of ether oxygens (including phenoxy) is 4. The lowest BCUT2D eigenvalue weighted by molar-refractivity contribution is -0.686. The minimum Gasteiger partial charge on any atom is -1.00 e. The number of pyridine rings is 1. The lowest BCUT2D eigenvalue weighted by Crippen LogP contribution is -3.00. The molecule has 4 aromatic rings. The van der Waals surface area contributed by atoms with Gasteiger partial charge in [-0.25, -0.2) is 0 Å². The zero-order chi connectivity index (χ0) is 27.5. The summed E-state index contributed by atoms with van der Waals surface area (Å²) in [6, 6.07) is 10.6. The zero-order valence-electron chi connectivity index (χ0n) is 24.1. The molecule has 41 heavy (non-hydrogen) atoms. The largest absolute Gasteiger partial charge is 1.00 e. The monoisotopic (exact) mass is 623 g/mol. The van der Waals surface area contributed by atoms with Crippen LogP contribution in [-0.4, -0.2) is 48.6 Å². The van der Waals surface area contributed by atoms with E-state index >= 15 is 0 Å². The second-order valence-electron chi connectivity index (χ2n) is 10.4. The Balaban J connectivity index is 0.00000337. The fourth-order valence-electron chi connectivity index (χ4n) is 5.68. The van der Waals surface area contributed by atoms with Gasteiger partial charge in [0.1, 0.15) is 0 Å². The van der Waals surface area contributed by atoms with E-state index < -0.39 is 0 Å². The van der Waals surface area contributed by atoms with Crippen molar-refractivity contribution in [2.45, 2.75) is 59.0 Å². The minimum atomic E-state index is 0. The number of hydrogen-bond donors (Lipinski definition) is 0. The number of hydrogen-bond acceptors (Lipinski definition) is 7. The van der Waals surface area contributed by atoms with Gasteiger partial charge in [0.25, 0.3) is 0 Å². The van der Waals surface area contributed by atoms with Gasteiger partial charge in [-0.15, -0.1) is 5.10 Å². The Morgan fingerprint density at radius 2 is 1.85 bits per heavy atom. The number of rotatable bonds is 12. The van der Waals surface area contributed by atoms with Crippen molar-refractivity contribution >= 4 is 16.6 Å². The average molecular weight is 625 g/mol. The molecule has 2 aromatic heterocycles. The van der Waals surface area contributed by atoms with E-state index in [9.17, 15) is 0 Å². The fourth-order valence-corrected chi connectivity index (χ4v) is 5.68. The summed E-state index contributed by atoms with van der Waals surface area (Å²) in [4.78, 5) is 2.31. The number of aryl methyl sites for hydroxylation is 3. The van der Waals surface area contributed by atoms with Gasteiger partial charge in [-0.05, 0) is 60.9 Å². The molecule has 0 spiro atoms. The van der Waals surface area contributed by atoms with E-state index in [2.05, 4.69) is 70.3 Å². The van der Waals surface area contributed by atoms with Gasteiger partial charge in [0.15, 0.2) is 41.6 Å². The Hall–Kier alpha value is -3.53. The molecule has 0 amide bonds. The smallest absolute Gasteiger partial charge is 0.231 e. The molecule has 0 saturated carbocycles. The average Bonchev–Trinajstić information content (AvgIpc) is 3.64. The molecule has 0 atom stereocenters. The van der Waals surface area contributed by atoms with Crippen LogP contribution in [-0.2, 0) is 19.5 Å². The quantitative estimate of drug-likeness (QED) is 0.177. The van der Waals surface area contributed by atoms with Crippen molar-refractivity contribution in [1.29, 1.82) is 0 Å². The van der Waals surface area contributed by atoms with E-state index in [0.29, 0.717) is 6.61 Å². The van der Waals surface area contributed by atoms with Crippen LogP contribution in [0.5, 0.6) is 23.0 Å². The molecule has 218 valence electrons. The van der Waals surface area contributed by atoms with Crippen molar-refractivity contribution in [2.75, 3.05) is 38.5 Å². The first-order valence-electron chi connectivity index (χ1n) is 14.4. The summed E-state index contributed by atoms with van der Waals surface area (Å²) < 4.78 is 27.6. The summed E-state index contributed by atoms with van der Waals surface area (Å²) in [5.41, 5.74) is 3.66. The number of benzene rings is 2. The Labute approximate surface area is 251 Å². The van der Waals surface area contributed by atoms with Gasteiger partial charge in [0, 0.05) is 32.1 Å². The van der Waals surface area contributed by atoms with Crippen LogP contribution in [0.4, 0.5) is 5.82 Å². The van der Waals surface area contributed by atoms with Crippen molar-refractivity contribution in [3.63, 3.8) is 0 Å². The molecule has 0 bridgehead atoms. The van der Waals surface area contributed by atoms with Crippen LogP contribution in [0, 0.1) is 0 Å². The molecular weight excluding hydrogens is 586 g/mol. The number of halogens is 1. The van der Waals surface area contributed by atoms with E-state index in [-0.39, 0.29) is 23.8 Å². The van der Waals surface area contributed by atoms with E-state index in [1.807, 2.05) is 10.7 Å². The summed E-state index contributed by atoms with van der Waals surface area (Å²) in [5, 5.41) is 10.9. The molecule has 0 unspecified atom stereocenters. The van der Waals surface area contributed by atoms with Gasteiger partial charge in [-0.2, -0.15) is 4.57 Å². The van der Waals surface area contributed by atoms with Gasteiger partial charge in [0.05, 0.1) is 30.9 Å². The van der Waals surface area contributed by atoms with E-state index in [4.69, 9.17) is 18.9 Å². The van der Waals surface area contributed by atoms with Crippen LogP contribution in [0.15, 0.2) is 42.7 Å². The zero-order valence-corrected chi connectivity index (χ0v) is 25.7. The van der Waals surface area contributed by atoms with Crippen LogP contribution >= 0.6 is 0 Å². The van der Waals surface area contributed by atoms with E-state index in [1.54, 1.807) is 7.11 Å². The normalized spacial score (nSPS) is 13.0. The highest BCUT2D eigenvalue weighted by Crippen LogP contribution is 2.41. The topological polar surface area (TPSA) is 74.8 Å². The highest BCUT2D eigenvalue weighted by molar-refractivity contribution is 5.91. The van der Waals surface area contributed by atoms with Crippen LogP contribution in [0.1, 0.15) is 45.1 Å². The summed E-state index contributed by atoms with van der Waals surface area (Å²) in [7, 11) is 1.70. The number of nitrogens with zero attached hydrogens (tertiary/aromatic N) is 5. The molecule has 10 heteroatoms. The van der Waals surface area contributed by atoms with Crippen molar-refractivity contribution in [3.8, 4) is 34.3 Å². The maximum absolute atomic E-state index is 6.38. The van der Waals surface area contributed by atoms with E-state index in [0.717, 1.165) is 97.9 Å². The Bertz CT molecular complexity index is 1500. The second kappa shape index (κ2) is 13.0. The first-order chi connectivity index (χ1) is 19.7. The molecule has 2 aliphatic heterocycles. The SMILES string of the molecule is CCCN(CCC)c1cn(CCCCOc2c(OC)ccc3cc4[n+](cc23)CCc2cc3c(cc2-4)OCO3)nn1.[Br-]. The van der Waals surface area contributed by atoms with Crippen molar-refractivity contribution in [2.24, 2.45) is 0 Å². The molecule has 0 radical (unpaired) electrons. The molecule has 0 N–H and O–H groups in total. The van der Waals surface area contributed by atoms with Crippen LogP contribution < -0.4 is 45.4 Å². The fraction of sp³-hybridized carbons (Fsp3) is 0.452. The summed E-state index contributed by atoms with van der Waals surface area (Å²) in [5.74, 6) is 4.17. The summed E-state index contributed by atoms with van der Waals surface area (Å²) in [6.45, 7) is 8.99. The third-order valence-electron chi connectivity index (χ3n) is 7.66. The van der Waals surface area contributed by atoms with Gasteiger partial charge >= 0.3 is 0 Å². The summed E-state index contributed by atoms with van der Waals surface area (Å²) >= 11 is 0. The Morgan fingerprint density at radius 3 is 2.63 bits per heavy atom. The maximum Gasteiger partial charge on any atom is 0.231 e. The third-order valence-corrected chi connectivity index (χ3v) is 7.66. The third kappa shape index (κ3) is 5.93. The van der Waals surface area contributed by atoms with Crippen molar-refractivity contribution in [3.05, 3.63) is 48.3 Å². The highest BCUT2D eigenvalue weighted by atomic mass is 79.9. The van der Waals surface area contributed by atoms with Crippen LogP contribution in [0.25, 0.3) is 22.0 Å². The van der Waals surface area contributed by atoms with Gasteiger partial charge < -0.3 is 40.8 Å². The molecule has 0 aliphatic carbocycles. The number of methoxy groups -OCH3 is 1. The number of unbranched alkanes of at least 4 members (excludes halogenated alkanes) is 1. The van der Waals surface area contributed by atoms with Gasteiger partial charge in [-0.1, -0.05) is 19.1 Å². The Kier molecular flexibility index (Phi) is 9.17. The number of fused-ring (bicyclic) bond motifs is 5. The van der Waals surface area contributed by atoms with Crippen LogP contribution in [0.2, 0.25) is 0 Å². The standard InChI is InChI=1S/C31H38N5O4.BrH/c1-4-11-34(12-5-2)30-20-36(33-32-30)13-6-7-15-38-31-25-19-35-14-10-23-17-28-29(40-21-39-28)18-24(23)26(35)16-22(25)8-9-27(31)37-3;/h8-9,16-20H,4-7,10-15,21H2,1-3H3;1H/q+1;/p-1. The van der Waals surface area contributed by atoms with Crippen LogP contribution in [0.3, 0.4) is 0 Å². The predicted octanol–water partition coefficient (Wildman–Crippen LogP) is 2.17. The maximum atomic E-state index is 6.38. The predicted molar refractivity (Wildman–Crippen MR) is 154 cm³/mol. The first-order valence-corrected chi connectivity index (χ1v) is 14.4. The molecule has 2 aliphatic rings. The van der Waals surface area contributed by atoms with Crippen molar-refractivity contribution < 1.29 is 40.5 Å². The minimum absolute atomic E-state index is 0. The molecule has 0 saturated heterocycles. The summed E-state index contributed by atoms with van der Waals surface area (Å²) in [6.07, 6.45) is 9.26. The number of anilines is 1. The van der Waals surface area contributed by atoms with E-state index in [1.165, 1.54) is 16.8 Å². The molecular formula is C31H38BrN5O4. The molecule has 9 nitrogen and oxygen atoms in total. The lowest BCUT2D eigenvalue weighted by Gasteiger charge is -2.19. The molecule has 4 heterocycles. The highest BCUT2D eigenvalue weighted by Gasteiger charge is 2.28. The molecule has 0 fully saturated rings.